The fraction of sp³-hybridized carbons (Fsp3) is 0.938. The van der Waals surface area contributed by atoms with Crippen LogP contribution in [0.1, 0.15) is 40.0 Å². The fourth-order valence-corrected chi connectivity index (χ4v) is 1.88. The molecule has 6 nitrogen and oxygen atoms in total. The molecule has 2 N–H and O–H groups in total. The van der Waals surface area contributed by atoms with Crippen LogP contribution in [0, 0.1) is 5.92 Å². The van der Waals surface area contributed by atoms with Gasteiger partial charge in [0.05, 0.1) is 6.10 Å². The van der Waals surface area contributed by atoms with Gasteiger partial charge in [-0.05, 0) is 25.2 Å². The van der Waals surface area contributed by atoms with E-state index in [1.165, 1.54) is 0 Å². The number of hydrogen-bond donors (Lipinski definition) is 2. The summed E-state index contributed by atoms with van der Waals surface area (Å²) in [4.78, 5) is 11.4. The molecule has 1 heterocycles. The van der Waals surface area contributed by atoms with E-state index in [1.54, 1.807) is 14.2 Å². The summed E-state index contributed by atoms with van der Waals surface area (Å²) in [5, 5.41) is 5.97. The van der Waals surface area contributed by atoms with Crippen LogP contribution in [0.4, 0.5) is 4.79 Å². The quantitative estimate of drug-likeness (QED) is 0.671. The molecule has 22 heavy (non-hydrogen) atoms. The highest BCUT2D eigenvalue weighted by atomic mass is 16.5. The Labute approximate surface area is 135 Å². The molecule has 0 aromatic rings. The van der Waals surface area contributed by atoms with E-state index in [1.807, 2.05) is 0 Å². The number of carbonyl (C=O) groups excluding carboxylic acids is 1. The predicted octanol–water partition coefficient (Wildman–Crippen LogP) is 2.18. The molecule has 2 unspecified atom stereocenters. The number of nitrogens with one attached hydrogen (secondary N) is 2. The number of carbonyl (C=O) groups is 1. The molecule has 1 aliphatic heterocycles. The lowest BCUT2D eigenvalue weighted by Crippen LogP contribution is -2.32. The number of methoxy groups -OCH3 is 2. The van der Waals surface area contributed by atoms with Crippen molar-refractivity contribution < 1.29 is 19.0 Å². The number of rotatable bonds is 8. The highest BCUT2D eigenvalue weighted by Gasteiger charge is 2.24. The molecule has 0 aromatic heterocycles. The molecule has 0 bridgehead atoms. The van der Waals surface area contributed by atoms with Crippen molar-refractivity contribution in [3.05, 3.63) is 0 Å². The summed E-state index contributed by atoms with van der Waals surface area (Å²) in [7, 11) is 3.37. The molecular weight excluding hydrogens is 284 g/mol. The lowest BCUT2D eigenvalue weighted by molar-refractivity contribution is 0.108. The van der Waals surface area contributed by atoms with Crippen molar-refractivity contribution in [2.45, 2.75) is 52.2 Å². The second kappa shape index (κ2) is 13.8. The highest BCUT2D eigenvalue weighted by molar-refractivity contribution is 5.67. The maximum atomic E-state index is 11.4. The lowest BCUT2D eigenvalue weighted by atomic mass is 10.2. The smallest absolute Gasteiger partial charge is 0.407 e. The molecule has 0 aromatic carbocycles. The summed E-state index contributed by atoms with van der Waals surface area (Å²) in [5.74, 6) is 0.833. The van der Waals surface area contributed by atoms with Gasteiger partial charge in [0.2, 0.25) is 0 Å². The van der Waals surface area contributed by atoms with Crippen molar-refractivity contribution in [2.24, 2.45) is 5.92 Å². The van der Waals surface area contributed by atoms with Gasteiger partial charge in [-0.25, -0.2) is 4.79 Å². The predicted molar refractivity (Wildman–Crippen MR) is 88.2 cm³/mol. The van der Waals surface area contributed by atoms with Gasteiger partial charge in [0.15, 0.2) is 0 Å². The summed E-state index contributed by atoms with van der Waals surface area (Å²) in [6, 6.07) is 0.203. The Morgan fingerprint density at radius 2 is 1.95 bits per heavy atom. The van der Waals surface area contributed by atoms with Gasteiger partial charge in [0.1, 0.15) is 6.61 Å². The van der Waals surface area contributed by atoms with E-state index in [0.29, 0.717) is 13.2 Å². The molecule has 0 saturated carbocycles. The van der Waals surface area contributed by atoms with E-state index < -0.39 is 0 Å². The van der Waals surface area contributed by atoms with Gasteiger partial charge in [-0.3, -0.25) is 0 Å². The summed E-state index contributed by atoms with van der Waals surface area (Å²) in [5.41, 5.74) is 0. The van der Waals surface area contributed by atoms with Gasteiger partial charge < -0.3 is 24.8 Å². The summed E-state index contributed by atoms with van der Waals surface area (Å²) in [6.07, 6.45) is 2.61. The molecule has 1 fully saturated rings. The fourth-order valence-electron chi connectivity index (χ4n) is 1.88. The molecule has 2 atom stereocenters. The van der Waals surface area contributed by atoms with Crippen molar-refractivity contribution >= 4 is 6.09 Å². The monoisotopic (exact) mass is 318 g/mol. The van der Waals surface area contributed by atoms with Crippen molar-refractivity contribution in [3.63, 3.8) is 0 Å². The first-order valence-corrected chi connectivity index (χ1v) is 8.15. The van der Waals surface area contributed by atoms with Crippen LogP contribution in [0.15, 0.2) is 0 Å². The minimum atomic E-state index is -0.352. The van der Waals surface area contributed by atoms with E-state index in [-0.39, 0.29) is 18.2 Å². The van der Waals surface area contributed by atoms with Crippen LogP contribution in [0.5, 0.6) is 0 Å². The minimum absolute atomic E-state index is 0.203. The normalized spacial score (nSPS) is 20.5. The first-order chi connectivity index (χ1) is 10.5. The number of alkyl carbamates (subject to hydrolysis) is 1. The molecule has 1 rings (SSSR count). The third kappa shape index (κ3) is 12.9. The first-order valence-electron chi connectivity index (χ1n) is 8.15. The van der Waals surface area contributed by atoms with Crippen LogP contribution in [-0.2, 0) is 14.2 Å². The molecule has 132 valence electrons. The Balaban J connectivity index is 0.000000980. The largest absolute Gasteiger partial charge is 0.448 e. The molecule has 0 spiro atoms. The second-order valence-corrected chi connectivity index (χ2v) is 6.16. The molecule has 0 aliphatic carbocycles. The average Bonchev–Trinajstić information content (AvgIpc) is 2.92. The second-order valence-electron chi connectivity index (χ2n) is 6.16. The number of amides is 1. The average molecular weight is 318 g/mol. The number of hydrogen-bond acceptors (Lipinski definition) is 5. The van der Waals surface area contributed by atoms with E-state index in [9.17, 15) is 4.79 Å². The van der Waals surface area contributed by atoms with Crippen LogP contribution >= 0.6 is 0 Å². The minimum Gasteiger partial charge on any atom is -0.448 e. The topological polar surface area (TPSA) is 68.8 Å². The Bertz CT molecular complexity index is 272. The lowest BCUT2D eigenvalue weighted by Gasteiger charge is -2.11. The van der Waals surface area contributed by atoms with Crippen molar-refractivity contribution in [3.8, 4) is 0 Å². The first kappa shape index (κ1) is 21.1. The van der Waals surface area contributed by atoms with Gasteiger partial charge in [-0.2, -0.15) is 0 Å². The van der Waals surface area contributed by atoms with Gasteiger partial charge in [0, 0.05) is 40.0 Å². The number of ether oxygens (including phenoxy) is 3. The number of unbranched alkanes of at least 4 members (excludes halogenated alkanes) is 1. The van der Waals surface area contributed by atoms with E-state index in [2.05, 4.69) is 31.4 Å². The SMILES string of the molecule is CC(C)C.COCCCCNC(=O)OCC1CC(OC)CN1. The Hall–Kier alpha value is -0.850. The van der Waals surface area contributed by atoms with Gasteiger partial charge in [0.25, 0.3) is 0 Å². The molecule has 1 saturated heterocycles. The zero-order chi connectivity index (χ0) is 16.8. The Morgan fingerprint density at radius 3 is 2.50 bits per heavy atom. The van der Waals surface area contributed by atoms with Gasteiger partial charge >= 0.3 is 6.09 Å². The van der Waals surface area contributed by atoms with Crippen molar-refractivity contribution in [1.29, 1.82) is 0 Å². The third-order valence-corrected chi connectivity index (χ3v) is 2.98. The summed E-state index contributed by atoms with van der Waals surface area (Å²) >= 11 is 0. The van der Waals surface area contributed by atoms with Crippen LogP contribution in [0.25, 0.3) is 0 Å². The van der Waals surface area contributed by atoms with Crippen LogP contribution in [0.2, 0.25) is 0 Å². The van der Waals surface area contributed by atoms with E-state index in [4.69, 9.17) is 14.2 Å². The molecule has 1 amide bonds. The van der Waals surface area contributed by atoms with Gasteiger partial charge in [-0.1, -0.05) is 20.8 Å². The van der Waals surface area contributed by atoms with E-state index in [0.717, 1.165) is 38.3 Å². The third-order valence-electron chi connectivity index (χ3n) is 2.98. The standard InChI is InChI=1S/C12H24N2O4.C4H10/c1-16-6-4-3-5-13-12(15)18-9-10-7-11(17-2)8-14-10;1-4(2)3/h10-11,14H,3-9H2,1-2H3,(H,13,15);4H,1-3H3. The van der Waals surface area contributed by atoms with Crippen LogP contribution in [-0.4, -0.2) is 58.8 Å². The maximum absolute atomic E-state index is 11.4. The zero-order valence-corrected chi connectivity index (χ0v) is 14.8. The van der Waals surface area contributed by atoms with Crippen molar-refractivity contribution in [1.82, 2.24) is 10.6 Å². The zero-order valence-electron chi connectivity index (χ0n) is 14.8. The maximum Gasteiger partial charge on any atom is 0.407 e. The van der Waals surface area contributed by atoms with Crippen LogP contribution < -0.4 is 10.6 Å². The Morgan fingerprint density at radius 1 is 1.27 bits per heavy atom. The molecule has 1 aliphatic rings. The highest BCUT2D eigenvalue weighted by Crippen LogP contribution is 2.09. The Kier molecular flexibility index (Phi) is 13.3. The molecule has 6 heteroatoms. The van der Waals surface area contributed by atoms with Crippen LogP contribution in [0.3, 0.4) is 0 Å². The van der Waals surface area contributed by atoms with Crippen molar-refractivity contribution in [2.75, 3.05) is 40.5 Å². The molecular formula is C16H34N2O4. The van der Waals surface area contributed by atoms with Gasteiger partial charge in [-0.15, -0.1) is 0 Å². The van der Waals surface area contributed by atoms with E-state index >= 15 is 0 Å². The summed E-state index contributed by atoms with van der Waals surface area (Å²) in [6.45, 7) is 9.06. The molecule has 0 radical (unpaired) electrons. The summed E-state index contributed by atoms with van der Waals surface area (Å²) < 4.78 is 15.3.